The van der Waals surface area contributed by atoms with Gasteiger partial charge in [-0.1, -0.05) is 24.3 Å². The van der Waals surface area contributed by atoms with Crippen LogP contribution in [-0.4, -0.2) is 22.4 Å². The van der Waals surface area contributed by atoms with E-state index >= 15 is 0 Å². The van der Waals surface area contributed by atoms with Gasteiger partial charge in [-0.15, -0.1) is 20.2 Å². The first-order chi connectivity index (χ1) is 9.08. The van der Waals surface area contributed by atoms with Gasteiger partial charge in [0.1, 0.15) is 12.2 Å². The quantitative estimate of drug-likeness (QED) is 0.602. The molecule has 8 heteroatoms. The topological polar surface area (TPSA) is 105 Å². The molecule has 0 radical (unpaired) electrons. The lowest BCUT2D eigenvalue weighted by Crippen LogP contribution is -2.26. The molecule has 0 aromatic heterocycles. The zero-order valence-corrected chi connectivity index (χ0v) is 9.67. The maximum Gasteiger partial charge on any atom is 0.294 e. The summed E-state index contributed by atoms with van der Waals surface area (Å²) in [5.74, 6) is -0.687. The largest absolute Gasteiger partial charge is 0.310 e. The van der Waals surface area contributed by atoms with Crippen LogP contribution in [0.2, 0.25) is 0 Å². The molecule has 0 aliphatic heterocycles. The van der Waals surface area contributed by atoms with Crippen LogP contribution in [0.25, 0.3) is 0 Å². The Morgan fingerprint density at radius 3 is 2.32 bits per heavy atom. The third-order valence-electron chi connectivity index (χ3n) is 3.82. The number of hydrogen-bond donors (Lipinski definition) is 0. The number of hydrogen-bond acceptors (Lipinski definition) is 6. The van der Waals surface area contributed by atoms with Gasteiger partial charge in [-0.3, -0.25) is 0 Å². The summed E-state index contributed by atoms with van der Waals surface area (Å²) in [6.45, 7) is 0. The summed E-state index contributed by atoms with van der Waals surface area (Å²) in [4.78, 5) is 30.4. The maximum atomic E-state index is 10.6. The van der Waals surface area contributed by atoms with Crippen molar-refractivity contribution in [3.63, 3.8) is 0 Å². The van der Waals surface area contributed by atoms with E-state index in [2.05, 4.69) is 4.84 Å². The molecule has 100 valence electrons. The lowest BCUT2D eigenvalue weighted by molar-refractivity contribution is -0.776. The second-order valence-electron chi connectivity index (χ2n) is 4.66. The highest BCUT2D eigenvalue weighted by molar-refractivity contribution is 5.45. The van der Waals surface area contributed by atoms with Crippen LogP contribution in [0.5, 0.6) is 0 Å². The monoisotopic (exact) mass is 266 g/mol. The molecular weight excluding hydrogens is 256 g/mol. The molecular formula is C11H10N2O6. The van der Waals surface area contributed by atoms with Crippen molar-refractivity contribution in [3.8, 4) is 0 Å². The lowest BCUT2D eigenvalue weighted by atomic mass is 9.90. The number of benzene rings is 1. The van der Waals surface area contributed by atoms with Crippen LogP contribution in [0, 0.1) is 20.2 Å². The molecule has 2 aliphatic rings. The first-order valence-electron chi connectivity index (χ1n) is 5.79. The van der Waals surface area contributed by atoms with Crippen molar-refractivity contribution in [3.05, 3.63) is 55.6 Å². The third kappa shape index (κ3) is 1.76. The molecule has 8 nitrogen and oxygen atoms in total. The van der Waals surface area contributed by atoms with Crippen molar-refractivity contribution in [2.24, 2.45) is 0 Å². The van der Waals surface area contributed by atoms with Gasteiger partial charge in [0.15, 0.2) is 0 Å². The highest BCUT2D eigenvalue weighted by Gasteiger charge is 2.55. The van der Waals surface area contributed by atoms with Crippen LogP contribution >= 0.6 is 0 Å². The Morgan fingerprint density at radius 2 is 1.68 bits per heavy atom. The van der Waals surface area contributed by atoms with Crippen molar-refractivity contribution in [2.45, 2.75) is 30.5 Å². The number of fused-ring (bicyclic) bond motifs is 5. The van der Waals surface area contributed by atoms with E-state index in [-0.39, 0.29) is 5.92 Å². The molecule has 1 unspecified atom stereocenters. The van der Waals surface area contributed by atoms with Gasteiger partial charge in [0, 0.05) is 11.8 Å². The maximum absolute atomic E-state index is 10.6. The molecule has 0 amide bonds. The molecule has 4 atom stereocenters. The summed E-state index contributed by atoms with van der Waals surface area (Å²) in [6.07, 6.45) is -1.02. The number of nitrogens with zero attached hydrogens (tertiary/aromatic N) is 2. The lowest BCUT2D eigenvalue weighted by Gasteiger charge is -2.22. The van der Waals surface area contributed by atoms with Gasteiger partial charge in [0.2, 0.25) is 0 Å². The Labute approximate surface area is 107 Å². The highest BCUT2D eigenvalue weighted by Crippen LogP contribution is 2.55. The predicted octanol–water partition coefficient (Wildman–Crippen LogP) is 1.42. The van der Waals surface area contributed by atoms with E-state index in [0.29, 0.717) is 6.42 Å². The van der Waals surface area contributed by atoms with Gasteiger partial charge >= 0.3 is 0 Å². The summed E-state index contributed by atoms with van der Waals surface area (Å²) in [6, 6.07) is 7.32. The molecule has 0 heterocycles. The number of rotatable bonds is 4. The van der Waals surface area contributed by atoms with Crippen molar-refractivity contribution in [1.82, 2.24) is 0 Å². The molecule has 1 aromatic carbocycles. The van der Waals surface area contributed by atoms with Crippen LogP contribution in [0.15, 0.2) is 24.3 Å². The standard InChI is InChI=1S/C11H10N2O6/c14-12(15)18-9-5-8-6-3-1-2-4-7(6)10(9)11(8)19-13(16)17/h1-4,8-11H,5H2/t8-,9+,10-,11?/m0/s1. The van der Waals surface area contributed by atoms with Gasteiger partial charge in [-0.05, 0) is 17.5 Å². The Kier molecular flexibility index (Phi) is 2.51. The fraction of sp³-hybridized carbons (Fsp3) is 0.455. The Morgan fingerprint density at radius 1 is 1.05 bits per heavy atom. The second kappa shape index (κ2) is 4.08. The summed E-state index contributed by atoms with van der Waals surface area (Å²) in [5.41, 5.74) is 1.81. The first-order valence-corrected chi connectivity index (χ1v) is 5.79. The summed E-state index contributed by atoms with van der Waals surface area (Å²) >= 11 is 0. The van der Waals surface area contributed by atoms with Crippen LogP contribution < -0.4 is 0 Å². The summed E-state index contributed by atoms with van der Waals surface area (Å²) in [5, 5.41) is 19.4. The molecule has 19 heavy (non-hydrogen) atoms. The molecule has 0 saturated heterocycles. The van der Waals surface area contributed by atoms with E-state index in [4.69, 9.17) is 4.84 Å². The van der Waals surface area contributed by atoms with Gasteiger partial charge in [0.05, 0.1) is 0 Å². The third-order valence-corrected chi connectivity index (χ3v) is 3.82. The average Bonchev–Trinajstić information content (AvgIpc) is 2.80. The Balaban J connectivity index is 1.95. The predicted molar refractivity (Wildman–Crippen MR) is 60.3 cm³/mol. The minimum atomic E-state index is -0.850. The summed E-state index contributed by atoms with van der Waals surface area (Å²) < 4.78 is 0. The van der Waals surface area contributed by atoms with Crippen molar-refractivity contribution < 1.29 is 19.8 Å². The van der Waals surface area contributed by atoms with Crippen LogP contribution in [0.4, 0.5) is 0 Å². The first kappa shape index (κ1) is 11.7. The molecule has 1 aromatic rings. The van der Waals surface area contributed by atoms with E-state index in [9.17, 15) is 20.2 Å². The van der Waals surface area contributed by atoms with E-state index < -0.39 is 28.3 Å². The van der Waals surface area contributed by atoms with Crippen molar-refractivity contribution in [1.29, 1.82) is 0 Å². The molecule has 0 spiro atoms. The Bertz CT molecular complexity index is 548. The molecule has 1 fully saturated rings. The van der Waals surface area contributed by atoms with E-state index in [0.717, 1.165) is 11.1 Å². The van der Waals surface area contributed by atoms with Crippen LogP contribution in [0.1, 0.15) is 29.4 Å². The smallest absolute Gasteiger partial charge is 0.294 e. The van der Waals surface area contributed by atoms with E-state index in [1.807, 2.05) is 18.2 Å². The fourth-order valence-corrected chi connectivity index (χ4v) is 3.28. The van der Waals surface area contributed by atoms with Crippen molar-refractivity contribution >= 4 is 0 Å². The molecule has 2 aliphatic carbocycles. The van der Waals surface area contributed by atoms with Crippen LogP contribution in [0.3, 0.4) is 0 Å². The Hall–Kier alpha value is -2.38. The van der Waals surface area contributed by atoms with Gasteiger partial charge < -0.3 is 9.68 Å². The second-order valence-corrected chi connectivity index (χ2v) is 4.66. The average molecular weight is 266 g/mol. The van der Waals surface area contributed by atoms with Gasteiger partial charge in [0.25, 0.3) is 10.2 Å². The molecule has 3 rings (SSSR count). The van der Waals surface area contributed by atoms with Crippen LogP contribution in [-0.2, 0) is 9.68 Å². The van der Waals surface area contributed by atoms with E-state index in [1.54, 1.807) is 6.07 Å². The molecule has 0 N–H and O–H groups in total. The minimum Gasteiger partial charge on any atom is -0.310 e. The SMILES string of the molecule is O=[N+]([O-])OC1[C@H]2c3ccccc3[C@@H]1C[C@H]2O[N+](=O)[O-]. The molecule has 1 saturated carbocycles. The highest BCUT2D eigenvalue weighted by atomic mass is 17.0. The fourth-order valence-electron chi connectivity index (χ4n) is 3.28. The minimum absolute atomic E-state index is 0.225. The van der Waals surface area contributed by atoms with Crippen molar-refractivity contribution in [2.75, 3.05) is 0 Å². The van der Waals surface area contributed by atoms with Gasteiger partial charge in [-0.2, -0.15) is 0 Å². The summed E-state index contributed by atoms with van der Waals surface area (Å²) in [7, 11) is 0. The van der Waals surface area contributed by atoms with Gasteiger partial charge in [-0.25, -0.2) is 0 Å². The molecule has 2 bridgehead atoms. The zero-order chi connectivity index (χ0) is 13.6. The normalized spacial score (nSPS) is 30.7. The van der Waals surface area contributed by atoms with E-state index in [1.165, 1.54) is 0 Å². The zero-order valence-electron chi connectivity index (χ0n) is 9.67.